The first kappa shape index (κ1) is 20.7. The van der Waals surface area contributed by atoms with E-state index >= 15 is 0 Å². The van der Waals surface area contributed by atoms with Crippen LogP contribution in [0.5, 0.6) is 0 Å². The number of halogens is 1. The van der Waals surface area contributed by atoms with E-state index in [1.54, 1.807) is 0 Å². The number of benzene rings is 1. The minimum Gasteiger partial charge on any atom is -0.459 e. The predicted octanol–water partition coefficient (Wildman–Crippen LogP) is 3.87. The molecule has 1 heterocycles. The molecule has 1 aromatic carbocycles. The normalized spacial score (nSPS) is 25.2. The number of aryl methyl sites for hydroxylation is 1. The molecular weight excluding hydrogens is 352 g/mol. The van der Waals surface area contributed by atoms with Crippen molar-refractivity contribution in [3.05, 3.63) is 35.6 Å². The monoisotopic (exact) mass is 380 g/mol. The number of carbonyl (C=O) groups is 1. The summed E-state index contributed by atoms with van der Waals surface area (Å²) in [7, 11) is 0. The van der Waals surface area contributed by atoms with Crippen LogP contribution in [0.25, 0.3) is 11.0 Å². The molecule has 1 amide bonds. The summed E-state index contributed by atoms with van der Waals surface area (Å²) in [6.45, 7) is 10.5. The average molecular weight is 381 g/mol. The zero-order valence-corrected chi connectivity index (χ0v) is 16.9. The highest BCUT2D eigenvalue weighted by Gasteiger charge is 2.63. The molecule has 26 heavy (non-hydrogen) atoms. The molecule has 0 aliphatic heterocycles. The van der Waals surface area contributed by atoms with E-state index in [4.69, 9.17) is 14.9 Å². The Labute approximate surface area is 161 Å². The zero-order valence-electron chi connectivity index (χ0n) is 16.1. The van der Waals surface area contributed by atoms with Crippen molar-refractivity contribution in [3.8, 4) is 0 Å². The third-order valence-electron chi connectivity index (χ3n) is 5.86. The summed E-state index contributed by atoms with van der Waals surface area (Å²) >= 11 is 0. The second-order valence-corrected chi connectivity index (χ2v) is 7.62. The molecule has 1 saturated carbocycles. The first-order valence-electron chi connectivity index (χ1n) is 8.92. The minimum atomic E-state index is -0.930. The van der Waals surface area contributed by atoms with Crippen molar-refractivity contribution >= 4 is 29.3 Å². The summed E-state index contributed by atoms with van der Waals surface area (Å²) in [4.78, 5) is 12.9. The van der Waals surface area contributed by atoms with Crippen molar-refractivity contribution in [1.29, 1.82) is 0 Å². The molecule has 3 rings (SSSR count). The molecule has 5 nitrogen and oxygen atoms in total. The van der Waals surface area contributed by atoms with E-state index in [0.717, 1.165) is 22.3 Å². The molecule has 6 heteroatoms. The molecule has 2 aromatic rings. The van der Waals surface area contributed by atoms with Crippen LogP contribution in [0.1, 0.15) is 51.5 Å². The van der Waals surface area contributed by atoms with Gasteiger partial charge in [-0.3, -0.25) is 4.79 Å². The van der Waals surface area contributed by atoms with Gasteiger partial charge >= 0.3 is 0 Å². The molecule has 1 fully saturated rings. The molecule has 0 radical (unpaired) electrons. The van der Waals surface area contributed by atoms with Crippen LogP contribution >= 0.6 is 12.4 Å². The van der Waals surface area contributed by atoms with Gasteiger partial charge in [0.1, 0.15) is 16.9 Å². The molecule has 0 spiro atoms. The van der Waals surface area contributed by atoms with Crippen LogP contribution in [0.4, 0.5) is 0 Å². The minimum absolute atomic E-state index is 0. The largest absolute Gasteiger partial charge is 0.459 e. The Hall–Kier alpha value is -1.56. The second kappa shape index (κ2) is 7.22. The highest BCUT2D eigenvalue weighted by Crippen LogP contribution is 2.50. The lowest BCUT2D eigenvalue weighted by Crippen LogP contribution is -2.75. The molecule has 1 aliphatic carbocycles. The van der Waals surface area contributed by atoms with Crippen LogP contribution in [0.3, 0.4) is 0 Å². The molecule has 1 aromatic heterocycles. The number of amides is 1. The number of hydrogen-bond acceptors (Lipinski definition) is 4. The second-order valence-electron chi connectivity index (χ2n) is 7.62. The summed E-state index contributed by atoms with van der Waals surface area (Å²) in [6, 6.07) is 7.64. The first-order chi connectivity index (χ1) is 11.7. The highest BCUT2D eigenvalue weighted by molar-refractivity contribution is 5.89. The van der Waals surface area contributed by atoms with E-state index < -0.39 is 11.0 Å². The number of nitrogens with two attached hydrogens (primary N) is 1. The number of rotatable bonds is 5. The molecule has 0 bridgehead atoms. The van der Waals surface area contributed by atoms with Gasteiger partial charge in [-0.25, -0.2) is 0 Å². The Bertz CT molecular complexity index is 801. The van der Waals surface area contributed by atoms with Crippen molar-refractivity contribution in [1.82, 2.24) is 5.32 Å². The summed E-state index contributed by atoms with van der Waals surface area (Å²) in [5.74, 6) is 0.623. The number of furan rings is 1. The van der Waals surface area contributed by atoms with Crippen LogP contribution in [0, 0.1) is 12.3 Å². The number of fused-ring (bicyclic) bond motifs is 1. The smallest absolute Gasteiger partial charge is 0.241 e. The van der Waals surface area contributed by atoms with Crippen molar-refractivity contribution in [2.45, 2.75) is 58.7 Å². The maximum Gasteiger partial charge on any atom is 0.241 e. The lowest BCUT2D eigenvalue weighted by molar-refractivity contribution is -0.171. The predicted molar refractivity (Wildman–Crippen MR) is 105 cm³/mol. The third kappa shape index (κ3) is 3.02. The fourth-order valence-electron chi connectivity index (χ4n) is 3.82. The Morgan fingerprint density at radius 3 is 2.65 bits per heavy atom. The molecule has 1 aliphatic rings. The van der Waals surface area contributed by atoms with Crippen molar-refractivity contribution < 1.29 is 13.9 Å². The molecule has 3 N–H and O–H groups in total. The molecular formula is C20H29ClN2O3. The average Bonchev–Trinajstić information content (AvgIpc) is 2.92. The number of carbonyl (C=O) groups excluding carboxylic acids is 1. The Morgan fingerprint density at radius 1 is 1.42 bits per heavy atom. The van der Waals surface area contributed by atoms with Gasteiger partial charge in [-0.2, -0.15) is 0 Å². The number of nitrogens with one attached hydrogen (secondary N) is 1. The van der Waals surface area contributed by atoms with Crippen LogP contribution in [0.2, 0.25) is 0 Å². The van der Waals surface area contributed by atoms with Crippen LogP contribution < -0.4 is 11.1 Å². The zero-order chi connectivity index (χ0) is 18.4. The molecule has 3 atom stereocenters. The Kier molecular flexibility index (Phi) is 5.76. The van der Waals surface area contributed by atoms with Gasteiger partial charge in [-0.15, -0.1) is 12.4 Å². The summed E-state index contributed by atoms with van der Waals surface area (Å²) in [5.41, 5.74) is 7.01. The topological polar surface area (TPSA) is 77.5 Å². The lowest BCUT2D eigenvalue weighted by atomic mass is 9.54. The summed E-state index contributed by atoms with van der Waals surface area (Å²) < 4.78 is 11.7. The van der Waals surface area contributed by atoms with Gasteiger partial charge in [-0.05, 0) is 26.8 Å². The fourth-order valence-corrected chi connectivity index (χ4v) is 3.82. The lowest BCUT2D eigenvalue weighted by Gasteiger charge is -2.57. The summed E-state index contributed by atoms with van der Waals surface area (Å²) in [5, 5.41) is 4.12. The number of para-hydroxylation sites is 1. The van der Waals surface area contributed by atoms with Gasteiger partial charge in [0.2, 0.25) is 5.91 Å². The third-order valence-corrected chi connectivity index (χ3v) is 5.86. The summed E-state index contributed by atoms with van der Waals surface area (Å²) in [6.07, 6.45) is 0.544. The first-order valence-corrected chi connectivity index (χ1v) is 8.92. The SMILES string of the molecule is CCOC1CC(N)(C(=O)NC(C)c2oc3ccccc3c2C)C1(C)C.Cl. The van der Waals surface area contributed by atoms with Crippen LogP contribution in [0.15, 0.2) is 28.7 Å². The van der Waals surface area contributed by atoms with Crippen molar-refractivity contribution in [2.75, 3.05) is 6.61 Å². The number of hydrogen-bond donors (Lipinski definition) is 2. The quantitative estimate of drug-likeness (QED) is 0.825. The highest BCUT2D eigenvalue weighted by atomic mass is 35.5. The van der Waals surface area contributed by atoms with Crippen LogP contribution in [-0.4, -0.2) is 24.2 Å². The Balaban J connectivity index is 0.00000243. The maximum atomic E-state index is 12.9. The van der Waals surface area contributed by atoms with Gasteiger partial charge in [0.25, 0.3) is 0 Å². The molecule has 144 valence electrons. The van der Waals surface area contributed by atoms with E-state index in [2.05, 4.69) is 5.32 Å². The van der Waals surface area contributed by atoms with Crippen molar-refractivity contribution in [3.63, 3.8) is 0 Å². The van der Waals surface area contributed by atoms with Gasteiger partial charge < -0.3 is 20.2 Å². The van der Waals surface area contributed by atoms with Crippen LogP contribution in [-0.2, 0) is 9.53 Å². The molecule has 0 saturated heterocycles. The van der Waals surface area contributed by atoms with Gasteiger partial charge in [-0.1, -0.05) is 32.0 Å². The van der Waals surface area contributed by atoms with Gasteiger partial charge in [0, 0.05) is 29.4 Å². The van der Waals surface area contributed by atoms with E-state index in [1.807, 2.05) is 58.9 Å². The van der Waals surface area contributed by atoms with E-state index in [9.17, 15) is 4.79 Å². The molecule has 3 unspecified atom stereocenters. The fraction of sp³-hybridized carbons (Fsp3) is 0.550. The van der Waals surface area contributed by atoms with Gasteiger partial charge in [0.15, 0.2) is 0 Å². The van der Waals surface area contributed by atoms with Gasteiger partial charge in [0.05, 0.1) is 12.1 Å². The Morgan fingerprint density at radius 2 is 2.08 bits per heavy atom. The van der Waals surface area contributed by atoms with E-state index in [-0.39, 0.29) is 30.5 Å². The van der Waals surface area contributed by atoms with E-state index in [0.29, 0.717) is 13.0 Å². The van der Waals surface area contributed by atoms with E-state index in [1.165, 1.54) is 0 Å². The van der Waals surface area contributed by atoms with Crippen molar-refractivity contribution in [2.24, 2.45) is 11.1 Å². The number of ether oxygens (including phenoxy) is 1. The standard InChI is InChI=1S/C20H28N2O3.ClH/c1-6-24-16-11-20(21,19(16,4)5)18(23)22-13(3)17-12(2)14-9-7-8-10-15(14)25-17;/h7-10,13,16H,6,11,21H2,1-5H3,(H,22,23);1H. The maximum absolute atomic E-state index is 12.9.